The van der Waals surface area contributed by atoms with Gasteiger partial charge in [-0.05, 0) is 30.9 Å². The lowest BCUT2D eigenvalue weighted by Gasteiger charge is -2.14. The zero-order chi connectivity index (χ0) is 17.4. The van der Waals surface area contributed by atoms with Gasteiger partial charge in [0.05, 0.1) is 24.0 Å². The van der Waals surface area contributed by atoms with Crippen LogP contribution in [0.3, 0.4) is 0 Å². The molecule has 0 bridgehead atoms. The van der Waals surface area contributed by atoms with E-state index in [4.69, 9.17) is 5.26 Å². The normalized spacial score (nSPS) is 15.0. The van der Waals surface area contributed by atoms with E-state index in [2.05, 4.69) is 26.5 Å². The van der Waals surface area contributed by atoms with Crippen molar-refractivity contribution in [2.24, 2.45) is 5.92 Å². The van der Waals surface area contributed by atoms with Crippen LogP contribution in [0.2, 0.25) is 0 Å². The van der Waals surface area contributed by atoms with Gasteiger partial charge in [0.1, 0.15) is 5.39 Å². The SMILES string of the molecule is N#CCC(C1CC1)n1nc(Nc2ccnc(F)c2)c2c(=O)[nH]ccc21. The first-order chi connectivity index (χ1) is 12.2. The van der Waals surface area contributed by atoms with Crippen LogP contribution >= 0.6 is 0 Å². The molecule has 0 radical (unpaired) electrons. The van der Waals surface area contributed by atoms with Crippen LogP contribution < -0.4 is 10.9 Å². The van der Waals surface area contributed by atoms with E-state index in [9.17, 15) is 9.18 Å². The predicted octanol–water partition coefficient (Wildman–Crippen LogP) is 2.87. The average Bonchev–Trinajstić information content (AvgIpc) is 3.36. The zero-order valence-corrected chi connectivity index (χ0v) is 13.2. The molecule has 0 aromatic carbocycles. The summed E-state index contributed by atoms with van der Waals surface area (Å²) in [5.41, 5.74) is 0.825. The maximum Gasteiger partial charge on any atom is 0.261 e. The number of nitriles is 1. The van der Waals surface area contributed by atoms with Crippen LogP contribution in [0, 0.1) is 23.2 Å². The molecule has 7 nitrogen and oxygen atoms in total. The molecule has 3 aromatic rings. The quantitative estimate of drug-likeness (QED) is 0.697. The van der Waals surface area contributed by atoms with Crippen LogP contribution in [0.1, 0.15) is 25.3 Å². The van der Waals surface area contributed by atoms with Crippen LogP contribution in [0.4, 0.5) is 15.9 Å². The monoisotopic (exact) mass is 338 g/mol. The molecule has 0 amide bonds. The van der Waals surface area contributed by atoms with Gasteiger partial charge in [0.2, 0.25) is 5.95 Å². The molecule has 1 saturated carbocycles. The summed E-state index contributed by atoms with van der Waals surface area (Å²) >= 11 is 0. The Labute approximate surface area is 142 Å². The lowest BCUT2D eigenvalue weighted by molar-refractivity contribution is 0.426. The number of nitrogens with one attached hydrogen (secondary N) is 2. The van der Waals surface area contributed by atoms with E-state index in [1.807, 2.05) is 0 Å². The van der Waals surface area contributed by atoms with Gasteiger partial charge in [-0.2, -0.15) is 14.8 Å². The Hall–Kier alpha value is -3.21. The third-order valence-electron chi connectivity index (χ3n) is 4.40. The molecule has 1 fully saturated rings. The number of hydrogen-bond donors (Lipinski definition) is 2. The van der Waals surface area contributed by atoms with Gasteiger partial charge in [-0.15, -0.1) is 0 Å². The van der Waals surface area contributed by atoms with Gasteiger partial charge < -0.3 is 10.3 Å². The van der Waals surface area contributed by atoms with Crippen molar-refractivity contribution < 1.29 is 4.39 Å². The summed E-state index contributed by atoms with van der Waals surface area (Å²) in [6, 6.07) is 6.74. The average molecular weight is 338 g/mol. The number of hydrogen-bond acceptors (Lipinski definition) is 5. The van der Waals surface area contributed by atoms with Crippen LogP contribution in [0.15, 0.2) is 35.4 Å². The largest absolute Gasteiger partial charge is 0.338 e. The van der Waals surface area contributed by atoms with Crippen LogP contribution in [-0.4, -0.2) is 19.7 Å². The van der Waals surface area contributed by atoms with Crippen LogP contribution in [0.5, 0.6) is 0 Å². The van der Waals surface area contributed by atoms with Gasteiger partial charge in [-0.25, -0.2) is 4.98 Å². The van der Waals surface area contributed by atoms with Crippen LogP contribution in [0.25, 0.3) is 10.9 Å². The van der Waals surface area contributed by atoms with Crippen molar-refractivity contribution in [1.82, 2.24) is 19.7 Å². The number of nitrogens with zero attached hydrogens (tertiary/aromatic N) is 4. The molecule has 4 rings (SSSR count). The van der Waals surface area contributed by atoms with E-state index < -0.39 is 5.95 Å². The number of H-pyrrole nitrogens is 1. The Morgan fingerprint density at radius 2 is 2.32 bits per heavy atom. The molecule has 3 heterocycles. The molecule has 8 heteroatoms. The Kier molecular flexibility index (Phi) is 3.69. The first-order valence-electron chi connectivity index (χ1n) is 8.03. The molecule has 126 valence electrons. The summed E-state index contributed by atoms with van der Waals surface area (Å²) < 4.78 is 15.1. The van der Waals surface area contributed by atoms with Crippen molar-refractivity contribution in [2.75, 3.05) is 5.32 Å². The Morgan fingerprint density at radius 1 is 1.48 bits per heavy atom. The van der Waals surface area contributed by atoms with Gasteiger partial charge in [-0.3, -0.25) is 9.48 Å². The minimum Gasteiger partial charge on any atom is -0.338 e. The van der Waals surface area contributed by atoms with Gasteiger partial charge in [0, 0.05) is 24.1 Å². The predicted molar refractivity (Wildman–Crippen MR) is 89.8 cm³/mol. The highest BCUT2D eigenvalue weighted by atomic mass is 19.1. The summed E-state index contributed by atoms with van der Waals surface area (Å²) in [5, 5.41) is 17.1. The summed E-state index contributed by atoms with van der Waals surface area (Å²) in [5.74, 6) is 0.113. The molecule has 25 heavy (non-hydrogen) atoms. The van der Waals surface area contributed by atoms with Crippen molar-refractivity contribution in [3.05, 3.63) is 46.9 Å². The maximum atomic E-state index is 13.3. The Balaban J connectivity index is 1.84. The van der Waals surface area contributed by atoms with Crippen molar-refractivity contribution >= 4 is 22.4 Å². The number of pyridine rings is 2. The number of rotatable bonds is 5. The third-order valence-corrected chi connectivity index (χ3v) is 4.40. The highest BCUT2D eigenvalue weighted by Gasteiger charge is 2.34. The molecule has 0 saturated heterocycles. The number of halogens is 1. The minimum absolute atomic E-state index is 0.0703. The van der Waals surface area contributed by atoms with E-state index in [1.54, 1.807) is 23.0 Å². The molecule has 0 spiro atoms. The molecular formula is C17H15FN6O. The van der Waals surface area contributed by atoms with Crippen molar-refractivity contribution in [1.29, 1.82) is 5.26 Å². The number of aromatic nitrogens is 4. The first kappa shape index (κ1) is 15.3. The first-order valence-corrected chi connectivity index (χ1v) is 8.03. The highest BCUT2D eigenvalue weighted by molar-refractivity contribution is 5.91. The summed E-state index contributed by atoms with van der Waals surface area (Å²) in [6.45, 7) is 0. The van der Waals surface area contributed by atoms with E-state index in [0.29, 0.717) is 34.7 Å². The molecule has 2 N–H and O–H groups in total. The molecule has 1 aliphatic carbocycles. The Bertz CT molecular complexity index is 1030. The topological polar surface area (TPSA) is 99.4 Å². The molecule has 1 aliphatic rings. The fourth-order valence-electron chi connectivity index (χ4n) is 3.08. The number of anilines is 2. The molecule has 1 atom stereocenters. The lowest BCUT2D eigenvalue weighted by Crippen LogP contribution is -2.13. The second-order valence-corrected chi connectivity index (χ2v) is 6.12. The summed E-state index contributed by atoms with van der Waals surface area (Å²) in [6.07, 6.45) is 5.33. The second-order valence-electron chi connectivity index (χ2n) is 6.12. The standard InChI is InChI=1S/C17H15FN6O/c18-14-9-11(4-7-20-14)22-16-15-13(5-8-21-17(15)25)24(23-16)12(3-6-19)10-1-2-10/h4-5,7-10,12H,1-3H2,(H,21,25)(H,20,22,23). The second kappa shape index (κ2) is 6.02. The van der Waals surface area contributed by atoms with Gasteiger partial charge >= 0.3 is 0 Å². The number of fused-ring (bicyclic) bond motifs is 1. The number of aromatic amines is 1. The minimum atomic E-state index is -0.622. The molecule has 0 aliphatic heterocycles. The van der Waals surface area contributed by atoms with Crippen molar-refractivity contribution in [3.8, 4) is 6.07 Å². The molecular weight excluding hydrogens is 323 g/mol. The van der Waals surface area contributed by atoms with Crippen molar-refractivity contribution in [2.45, 2.75) is 25.3 Å². The smallest absolute Gasteiger partial charge is 0.261 e. The summed E-state index contributed by atoms with van der Waals surface area (Å²) in [4.78, 5) is 18.5. The van der Waals surface area contributed by atoms with E-state index in [-0.39, 0.29) is 11.6 Å². The maximum absolute atomic E-state index is 13.3. The van der Waals surface area contributed by atoms with E-state index in [0.717, 1.165) is 12.8 Å². The summed E-state index contributed by atoms with van der Waals surface area (Å²) in [7, 11) is 0. The van der Waals surface area contributed by atoms with E-state index in [1.165, 1.54) is 12.3 Å². The molecule has 3 aromatic heterocycles. The van der Waals surface area contributed by atoms with Gasteiger partial charge in [0.25, 0.3) is 5.56 Å². The van der Waals surface area contributed by atoms with Crippen LogP contribution in [-0.2, 0) is 0 Å². The lowest BCUT2D eigenvalue weighted by atomic mass is 10.1. The highest BCUT2D eigenvalue weighted by Crippen LogP contribution is 2.42. The Morgan fingerprint density at radius 3 is 3.04 bits per heavy atom. The zero-order valence-electron chi connectivity index (χ0n) is 13.2. The fraction of sp³-hybridized carbons (Fsp3) is 0.294. The third kappa shape index (κ3) is 2.85. The van der Waals surface area contributed by atoms with Gasteiger partial charge in [-0.1, -0.05) is 0 Å². The van der Waals surface area contributed by atoms with E-state index >= 15 is 0 Å². The van der Waals surface area contributed by atoms with Crippen molar-refractivity contribution in [3.63, 3.8) is 0 Å². The fourth-order valence-corrected chi connectivity index (χ4v) is 3.08. The van der Waals surface area contributed by atoms with Gasteiger partial charge in [0.15, 0.2) is 5.82 Å². The molecule has 1 unspecified atom stereocenters.